The van der Waals surface area contributed by atoms with Crippen molar-refractivity contribution >= 4 is 10.0 Å². The van der Waals surface area contributed by atoms with Crippen molar-refractivity contribution in [2.24, 2.45) is 0 Å². The van der Waals surface area contributed by atoms with E-state index < -0.39 is 10.0 Å². The molecule has 0 radical (unpaired) electrons. The van der Waals surface area contributed by atoms with E-state index in [4.69, 9.17) is 9.47 Å². The second-order valence-electron chi connectivity index (χ2n) is 6.04. The van der Waals surface area contributed by atoms with E-state index in [1.807, 2.05) is 6.92 Å². The Kier molecular flexibility index (Phi) is 4.70. The first-order chi connectivity index (χ1) is 10.6. The summed E-state index contributed by atoms with van der Waals surface area (Å²) in [5.74, 6) is 0.751. The molecule has 0 N–H and O–H groups in total. The highest BCUT2D eigenvalue weighted by Crippen LogP contribution is 2.26. The fraction of sp³-hybridized carbons (Fsp3) is 0.625. The van der Waals surface area contributed by atoms with Gasteiger partial charge in [-0.2, -0.15) is 4.31 Å². The molecule has 1 aliphatic heterocycles. The maximum Gasteiger partial charge on any atom is 0.243 e. The molecule has 0 aromatic heterocycles. The number of nitrogens with zero attached hydrogens (tertiary/aromatic N) is 1. The number of ether oxygens (including phenoxy) is 2. The number of morpholine rings is 1. The summed E-state index contributed by atoms with van der Waals surface area (Å²) in [7, 11) is -3.44. The summed E-state index contributed by atoms with van der Waals surface area (Å²) in [6.07, 6.45) is 4.83. The number of hydrogen-bond donors (Lipinski definition) is 0. The van der Waals surface area contributed by atoms with E-state index in [1.165, 1.54) is 17.1 Å². The average molecular weight is 325 g/mol. The average Bonchev–Trinajstić information content (AvgIpc) is 3.01. The highest BCUT2D eigenvalue weighted by atomic mass is 32.2. The highest BCUT2D eigenvalue weighted by molar-refractivity contribution is 7.89. The van der Waals surface area contributed by atoms with Gasteiger partial charge in [-0.15, -0.1) is 0 Å². The van der Waals surface area contributed by atoms with Crippen molar-refractivity contribution in [2.75, 3.05) is 19.7 Å². The van der Waals surface area contributed by atoms with Crippen LogP contribution in [0.4, 0.5) is 0 Å². The molecule has 1 saturated carbocycles. The molecule has 1 aromatic carbocycles. The maximum atomic E-state index is 12.6. The van der Waals surface area contributed by atoms with E-state index in [0.29, 0.717) is 24.6 Å². The van der Waals surface area contributed by atoms with E-state index in [1.54, 1.807) is 24.3 Å². The normalized spacial score (nSPS) is 24.5. The predicted octanol–water partition coefficient (Wildman–Crippen LogP) is 2.42. The van der Waals surface area contributed by atoms with Gasteiger partial charge in [0.15, 0.2) is 0 Å². The minimum absolute atomic E-state index is 0.0616. The van der Waals surface area contributed by atoms with Gasteiger partial charge in [0.2, 0.25) is 10.0 Å². The van der Waals surface area contributed by atoms with Crippen molar-refractivity contribution in [3.8, 4) is 5.75 Å². The zero-order valence-corrected chi connectivity index (χ0v) is 13.7. The molecule has 5 nitrogen and oxygen atoms in total. The van der Waals surface area contributed by atoms with Gasteiger partial charge < -0.3 is 9.47 Å². The van der Waals surface area contributed by atoms with Gasteiger partial charge >= 0.3 is 0 Å². The standard InChI is InChI=1S/C16H23NO4S/c1-13-12-17(10-11-20-13)22(18,19)16-8-6-15(7-9-16)21-14-4-2-3-5-14/h6-9,13-14H,2-5,10-12H2,1H3. The lowest BCUT2D eigenvalue weighted by atomic mass is 10.3. The summed E-state index contributed by atoms with van der Waals surface area (Å²) in [4.78, 5) is 0.320. The third-order valence-corrected chi connectivity index (χ3v) is 6.15. The molecular formula is C16H23NO4S. The minimum Gasteiger partial charge on any atom is -0.490 e. The second kappa shape index (κ2) is 6.56. The van der Waals surface area contributed by atoms with Gasteiger partial charge in [0.25, 0.3) is 0 Å². The fourth-order valence-corrected chi connectivity index (χ4v) is 4.54. The molecule has 0 bridgehead atoms. The molecule has 0 spiro atoms. The summed E-state index contributed by atoms with van der Waals surface area (Å²) in [6.45, 7) is 3.15. The van der Waals surface area contributed by atoms with Crippen LogP contribution in [-0.4, -0.2) is 44.6 Å². The van der Waals surface area contributed by atoms with Crippen LogP contribution < -0.4 is 4.74 Å². The van der Waals surface area contributed by atoms with Crippen LogP contribution in [0.2, 0.25) is 0 Å². The van der Waals surface area contributed by atoms with Crippen molar-refractivity contribution in [1.29, 1.82) is 0 Å². The SMILES string of the molecule is CC1CN(S(=O)(=O)c2ccc(OC3CCCC3)cc2)CCO1. The van der Waals surface area contributed by atoms with Gasteiger partial charge in [0.05, 0.1) is 23.7 Å². The van der Waals surface area contributed by atoms with Gasteiger partial charge in [0, 0.05) is 13.1 Å². The van der Waals surface area contributed by atoms with Crippen LogP contribution in [0.3, 0.4) is 0 Å². The quantitative estimate of drug-likeness (QED) is 0.853. The topological polar surface area (TPSA) is 55.8 Å². The molecule has 2 fully saturated rings. The van der Waals surface area contributed by atoms with E-state index in [9.17, 15) is 8.42 Å². The molecule has 0 amide bonds. The smallest absolute Gasteiger partial charge is 0.243 e. The molecular weight excluding hydrogens is 302 g/mol. The van der Waals surface area contributed by atoms with E-state index in [-0.39, 0.29) is 12.2 Å². The van der Waals surface area contributed by atoms with Crippen LogP contribution in [0.15, 0.2) is 29.2 Å². The van der Waals surface area contributed by atoms with Crippen molar-refractivity contribution in [3.05, 3.63) is 24.3 Å². The van der Waals surface area contributed by atoms with Crippen LogP contribution in [-0.2, 0) is 14.8 Å². The first-order valence-corrected chi connectivity index (χ1v) is 9.38. The lowest BCUT2D eigenvalue weighted by molar-refractivity contribution is 0.0102. The molecule has 2 aliphatic rings. The first-order valence-electron chi connectivity index (χ1n) is 7.94. The lowest BCUT2D eigenvalue weighted by Crippen LogP contribution is -2.44. The van der Waals surface area contributed by atoms with E-state index in [2.05, 4.69) is 0 Å². The molecule has 1 heterocycles. The summed E-state index contributed by atoms with van der Waals surface area (Å²) in [5, 5.41) is 0. The predicted molar refractivity (Wildman–Crippen MR) is 83.5 cm³/mol. The Bertz CT molecular complexity index is 593. The van der Waals surface area contributed by atoms with E-state index >= 15 is 0 Å². The Hall–Kier alpha value is -1.11. The maximum absolute atomic E-state index is 12.6. The molecule has 6 heteroatoms. The van der Waals surface area contributed by atoms with Crippen LogP contribution in [0.1, 0.15) is 32.6 Å². The van der Waals surface area contributed by atoms with Gasteiger partial charge in [-0.25, -0.2) is 8.42 Å². The molecule has 122 valence electrons. The number of rotatable bonds is 4. The van der Waals surface area contributed by atoms with E-state index in [0.717, 1.165) is 18.6 Å². The molecule has 1 aliphatic carbocycles. The Morgan fingerprint density at radius 1 is 1.18 bits per heavy atom. The van der Waals surface area contributed by atoms with Gasteiger partial charge in [-0.05, 0) is 56.9 Å². The Balaban J connectivity index is 1.70. The molecule has 22 heavy (non-hydrogen) atoms. The summed E-state index contributed by atoms with van der Waals surface area (Å²) < 4.78 is 38.0. The third-order valence-electron chi connectivity index (χ3n) is 4.27. The highest BCUT2D eigenvalue weighted by Gasteiger charge is 2.29. The van der Waals surface area contributed by atoms with Gasteiger partial charge in [0.1, 0.15) is 5.75 Å². The number of hydrogen-bond acceptors (Lipinski definition) is 4. The Morgan fingerprint density at radius 3 is 2.50 bits per heavy atom. The fourth-order valence-electron chi connectivity index (χ4n) is 3.04. The molecule has 3 rings (SSSR count). The van der Waals surface area contributed by atoms with Crippen molar-refractivity contribution in [2.45, 2.75) is 49.7 Å². The monoisotopic (exact) mass is 325 g/mol. The number of sulfonamides is 1. The summed E-state index contributed by atoms with van der Waals surface area (Å²) in [6, 6.07) is 6.80. The first kappa shape index (κ1) is 15.8. The van der Waals surface area contributed by atoms with Crippen LogP contribution in [0, 0.1) is 0 Å². The molecule has 1 atom stereocenters. The lowest BCUT2D eigenvalue weighted by Gasteiger charge is -2.30. The zero-order chi connectivity index (χ0) is 15.6. The molecule has 1 aromatic rings. The van der Waals surface area contributed by atoms with Crippen molar-refractivity contribution < 1.29 is 17.9 Å². The summed E-state index contributed by atoms with van der Waals surface area (Å²) in [5.41, 5.74) is 0. The third kappa shape index (κ3) is 3.45. The zero-order valence-electron chi connectivity index (χ0n) is 12.9. The van der Waals surface area contributed by atoms with Crippen LogP contribution in [0.25, 0.3) is 0 Å². The van der Waals surface area contributed by atoms with Gasteiger partial charge in [-0.3, -0.25) is 0 Å². The number of benzene rings is 1. The van der Waals surface area contributed by atoms with Crippen LogP contribution >= 0.6 is 0 Å². The molecule has 1 saturated heterocycles. The second-order valence-corrected chi connectivity index (χ2v) is 7.98. The largest absolute Gasteiger partial charge is 0.490 e. The minimum atomic E-state index is -3.44. The molecule has 1 unspecified atom stereocenters. The van der Waals surface area contributed by atoms with Crippen LogP contribution in [0.5, 0.6) is 5.75 Å². The Labute approximate surface area is 132 Å². The van der Waals surface area contributed by atoms with Crippen molar-refractivity contribution in [1.82, 2.24) is 4.31 Å². The van der Waals surface area contributed by atoms with Gasteiger partial charge in [-0.1, -0.05) is 0 Å². The Morgan fingerprint density at radius 2 is 1.86 bits per heavy atom. The summed E-state index contributed by atoms with van der Waals surface area (Å²) >= 11 is 0. The van der Waals surface area contributed by atoms with Crippen molar-refractivity contribution in [3.63, 3.8) is 0 Å².